The number of piperidine rings is 1. The molecule has 0 N–H and O–H groups in total. The van der Waals surface area contributed by atoms with Crippen molar-refractivity contribution in [2.75, 3.05) is 24.5 Å². The largest absolute Gasteiger partial charge is 0.497 e. The van der Waals surface area contributed by atoms with Crippen molar-refractivity contribution in [3.05, 3.63) is 88.9 Å². The number of nitrogens with zero attached hydrogens (tertiary/aromatic N) is 2. The third-order valence-electron chi connectivity index (χ3n) is 6.11. The Balaban J connectivity index is 1.54. The number of likely N-dealkylation sites (tertiary alicyclic amines) is 1. The van der Waals surface area contributed by atoms with Crippen molar-refractivity contribution in [2.45, 2.75) is 37.2 Å². The van der Waals surface area contributed by atoms with Gasteiger partial charge in [0.15, 0.2) is 0 Å². The summed E-state index contributed by atoms with van der Waals surface area (Å²) in [6.07, 6.45) is 1.52. The van der Waals surface area contributed by atoms with E-state index in [0.717, 1.165) is 43.8 Å². The van der Waals surface area contributed by atoms with Crippen LogP contribution in [-0.2, 0) is 16.6 Å². The first kappa shape index (κ1) is 23.6. The molecule has 1 heterocycles. The summed E-state index contributed by atoms with van der Waals surface area (Å²) in [7, 11) is -2.06. The van der Waals surface area contributed by atoms with Gasteiger partial charge in [0, 0.05) is 30.7 Å². The van der Waals surface area contributed by atoms with Crippen LogP contribution in [0, 0.1) is 6.92 Å². The van der Waals surface area contributed by atoms with E-state index in [1.54, 1.807) is 35.7 Å². The van der Waals surface area contributed by atoms with Gasteiger partial charge >= 0.3 is 0 Å². The molecule has 0 saturated carbocycles. The molecule has 174 valence electrons. The van der Waals surface area contributed by atoms with Gasteiger partial charge < -0.3 is 4.74 Å². The van der Waals surface area contributed by atoms with Gasteiger partial charge in [-0.05, 0) is 73.9 Å². The molecule has 3 aromatic carbocycles. The Bertz CT molecular complexity index is 1160. The normalized spacial score (nSPS) is 15.4. The first-order chi connectivity index (χ1) is 15.9. The lowest BCUT2D eigenvalue weighted by molar-refractivity contribution is 0.206. The molecule has 4 rings (SSSR count). The smallest absolute Gasteiger partial charge is 0.264 e. The van der Waals surface area contributed by atoms with Crippen molar-refractivity contribution in [3.63, 3.8) is 0 Å². The molecule has 5 nitrogen and oxygen atoms in total. The molecule has 0 spiro atoms. The van der Waals surface area contributed by atoms with Crippen LogP contribution in [0.15, 0.2) is 77.7 Å². The van der Waals surface area contributed by atoms with E-state index in [9.17, 15) is 8.42 Å². The van der Waals surface area contributed by atoms with E-state index in [2.05, 4.69) is 17.0 Å². The molecule has 0 unspecified atom stereocenters. The second-order valence-electron chi connectivity index (χ2n) is 8.45. The summed E-state index contributed by atoms with van der Waals surface area (Å²) in [6, 6.07) is 22.1. The third kappa shape index (κ3) is 5.52. The van der Waals surface area contributed by atoms with Crippen molar-refractivity contribution in [2.24, 2.45) is 0 Å². The molecule has 0 aliphatic carbocycles. The molecule has 1 fully saturated rings. The van der Waals surface area contributed by atoms with Crippen LogP contribution >= 0.6 is 11.6 Å². The van der Waals surface area contributed by atoms with Crippen molar-refractivity contribution < 1.29 is 13.2 Å². The number of rotatable bonds is 7. The molecular formula is C26H29ClN2O3S. The minimum absolute atomic E-state index is 0.111. The number of methoxy groups -OCH3 is 1. The topological polar surface area (TPSA) is 49.9 Å². The number of benzene rings is 3. The molecule has 3 aromatic rings. The molecule has 0 aromatic heterocycles. The minimum Gasteiger partial charge on any atom is -0.497 e. The average Bonchev–Trinajstić information content (AvgIpc) is 2.82. The lowest BCUT2D eigenvalue weighted by Gasteiger charge is -2.39. The van der Waals surface area contributed by atoms with Crippen molar-refractivity contribution in [3.8, 4) is 5.75 Å². The molecule has 0 radical (unpaired) electrons. The summed E-state index contributed by atoms with van der Waals surface area (Å²) in [5.74, 6) is 0.846. The highest BCUT2D eigenvalue weighted by Crippen LogP contribution is 2.31. The molecule has 1 saturated heterocycles. The van der Waals surface area contributed by atoms with Gasteiger partial charge in [-0.2, -0.15) is 0 Å². The second kappa shape index (κ2) is 10.2. The maximum atomic E-state index is 13.7. The maximum absolute atomic E-state index is 13.7. The zero-order chi connectivity index (χ0) is 23.4. The van der Waals surface area contributed by atoms with Gasteiger partial charge in [-0.1, -0.05) is 41.4 Å². The van der Waals surface area contributed by atoms with Gasteiger partial charge in [0.05, 0.1) is 17.7 Å². The van der Waals surface area contributed by atoms with E-state index >= 15 is 0 Å². The number of anilines is 1. The molecule has 33 heavy (non-hydrogen) atoms. The predicted octanol–water partition coefficient (Wildman–Crippen LogP) is 5.52. The lowest BCUT2D eigenvalue weighted by atomic mass is 10.0. The van der Waals surface area contributed by atoms with Crippen molar-refractivity contribution in [1.29, 1.82) is 0 Å². The van der Waals surface area contributed by atoms with Crippen LogP contribution in [0.5, 0.6) is 5.75 Å². The Morgan fingerprint density at radius 3 is 2.12 bits per heavy atom. The summed E-state index contributed by atoms with van der Waals surface area (Å²) in [5.41, 5.74) is 3.01. The van der Waals surface area contributed by atoms with E-state index in [1.807, 2.05) is 43.3 Å². The van der Waals surface area contributed by atoms with Crippen LogP contribution in [-0.4, -0.2) is 39.6 Å². The van der Waals surface area contributed by atoms with Crippen molar-refractivity contribution >= 4 is 27.3 Å². The molecule has 0 amide bonds. The van der Waals surface area contributed by atoms with Gasteiger partial charge in [-0.15, -0.1) is 0 Å². The Kier molecular flexibility index (Phi) is 7.27. The summed E-state index contributed by atoms with van der Waals surface area (Å²) < 4.78 is 34.3. The van der Waals surface area contributed by atoms with Crippen LogP contribution in [0.4, 0.5) is 5.69 Å². The number of aryl methyl sites for hydroxylation is 1. The summed E-state index contributed by atoms with van der Waals surface area (Å²) in [4.78, 5) is 2.63. The Morgan fingerprint density at radius 2 is 1.55 bits per heavy atom. The molecule has 1 aliphatic rings. The second-order valence-corrected chi connectivity index (χ2v) is 10.7. The SMILES string of the molecule is COc1ccc(CN2CCC(N(c3ccc(C)cc3)S(=O)(=O)c3ccc(Cl)cc3)CC2)cc1. The molecular weight excluding hydrogens is 456 g/mol. The van der Waals surface area contributed by atoms with Crippen LogP contribution in [0.2, 0.25) is 5.02 Å². The Morgan fingerprint density at radius 1 is 0.939 bits per heavy atom. The fraction of sp³-hybridized carbons (Fsp3) is 0.308. The van der Waals surface area contributed by atoms with Gasteiger partial charge in [0.2, 0.25) is 0 Å². The van der Waals surface area contributed by atoms with E-state index < -0.39 is 10.0 Å². The lowest BCUT2D eigenvalue weighted by Crippen LogP contribution is -2.47. The Labute approximate surface area is 201 Å². The van der Waals surface area contributed by atoms with Gasteiger partial charge in [-0.3, -0.25) is 9.21 Å². The zero-order valence-corrected chi connectivity index (χ0v) is 20.5. The highest BCUT2D eigenvalue weighted by molar-refractivity contribution is 7.92. The highest BCUT2D eigenvalue weighted by Gasteiger charge is 2.34. The predicted molar refractivity (Wildman–Crippen MR) is 134 cm³/mol. The summed E-state index contributed by atoms with van der Waals surface area (Å²) in [6.45, 7) is 4.50. The zero-order valence-electron chi connectivity index (χ0n) is 18.9. The molecule has 0 atom stereocenters. The number of halogens is 1. The highest BCUT2D eigenvalue weighted by atomic mass is 35.5. The van der Waals surface area contributed by atoms with Gasteiger partial charge in [0.25, 0.3) is 10.0 Å². The van der Waals surface area contributed by atoms with Crippen LogP contribution in [0.3, 0.4) is 0 Å². The monoisotopic (exact) mass is 484 g/mol. The number of sulfonamides is 1. The first-order valence-electron chi connectivity index (χ1n) is 11.1. The van der Waals surface area contributed by atoms with Gasteiger partial charge in [-0.25, -0.2) is 8.42 Å². The van der Waals surface area contributed by atoms with Crippen LogP contribution < -0.4 is 9.04 Å². The summed E-state index contributed by atoms with van der Waals surface area (Å²) in [5, 5.41) is 0.516. The van der Waals surface area contributed by atoms with E-state index in [4.69, 9.17) is 16.3 Å². The quantitative estimate of drug-likeness (QED) is 0.443. The average molecular weight is 485 g/mol. The number of hydrogen-bond donors (Lipinski definition) is 0. The van der Waals surface area contributed by atoms with E-state index in [1.165, 1.54) is 5.56 Å². The van der Waals surface area contributed by atoms with E-state index in [-0.39, 0.29) is 10.9 Å². The molecule has 0 bridgehead atoms. The number of hydrogen-bond acceptors (Lipinski definition) is 4. The maximum Gasteiger partial charge on any atom is 0.264 e. The fourth-order valence-corrected chi connectivity index (χ4v) is 6.09. The number of ether oxygens (including phenoxy) is 1. The third-order valence-corrected chi connectivity index (χ3v) is 8.26. The summed E-state index contributed by atoms with van der Waals surface area (Å²) >= 11 is 6.00. The van der Waals surface area contributed by atoms with Gasteiger partial charge in [0.1, 0.15) is 5.75 Å². The fourth-order valence-electron chi connectivity index (χ4n) is 4.26. The van der Waals surface area contributed by atoms with E-state index in [0.29, 0.717) is 10.7 Å². The Hall–Kier alpha value is -2.54. The van der Waals surface area contributed by atoms with Crippen molar-refractivity contribution in [1.82, 2.24) is 4.90 Å². The standard InChI is InChI=1S/C26H29ClN2O3S/c1-20-3-9-23(10-4-20)29(33(30,31)26-13-7-22(27)8-14-26)24-15-17-28(18-16-24)19-21-5-11-25(32-2)12-6-21/h3-14,24H,15-19H2,1-2H3. The van der Waals surface area contributed by atoms with Crippen LogP contribution in [0.1, 0.15) is 24.0 Å². The van der Waals surface area contributed by atoms with Crippen LogP contribution in [0.25, 0.3) is 0 Å². The minimum atomic E-state index is -3.73. The molecule has 7 heteroatoms. The molecule has 1 aliphatic heterocycles. The first-order valence-corrected chi connectivity index (χ1v) is 12.9.